The van der Waals surface area contributed by atoms with Crippen molar-refractivity contribution in [2.45, 2.75) is 51.7 Å². The predicted octanol–water partition coefficient (Wildman–Crippen LogP) is 0.286. The minimum atomic E-state index is -1.18. The largest absolute Gasteiger partial charge is 0.394 e. The molecule has 0 radical (unpaired) electrons. The molecule has 4 N–H and O–H groups in total. The first-order valence-corrected chi connectivity index (χ1v) is 8.35. The first kappa shape index (κ1) is 18.0. The van der Waals surface area contributed by atoms with Crippen molar-refractivity contribution in [3.8, 4) is 0 Å². The monoisotopic (exact) mass is 351 g/mol. The summed E-state index contributed by atoms with van der Waals surface area (Å²) in [5.41, 5.74) is 1.26. The SMILES string of the molecule is CC(C)(C)CCNc1ncnc2c1ncn2C1O[C@H](CO)[C@@H](O)[C@H]1O. The quantitative estimate of drug-likeness (QED) is 0.605. The third kappa shape index (κ3) is 3.59. The number of aromatic nitrogens is 4. The van der Waals surface area contributed by atoms with E-state index in [-0.39, 0.29) is 12.0 Å². The topological polar surface area (TPSA) is 126 Å². The van der Waals surface area contributed by atoms with Crippen LogP contribution in [-0.2, 0) is 4.74 Å². The molecule has 138 valence electrons. The first-order chi connectivity index (χ1) is 11.8. The number of rotatable bonds is 5. The van der Waals surface area contributed by atoms with Gasteiger partial charge in [-0.15, -0.1) is 0 Å². The Morgan fingerprint density at radius 3 is 2.60 bits per heavy atom. The van der Waals surface area contributed by atoms with E-state index in [0.717, 1.165) is 13.0 Å². The Bertz CT molecular complexity index is 729. The Hall–Kier alpha value is -1.81. The second kappa shape index (κ2) is 6.83. The van der Waals surface area contributed by atoms with Gasteiger partial charge in [0.05, 0.1) is 12.9 Å². The first-order valence-electron chi connectivity index (χ1n) is 8.35. The van der Waals surface area contributed by atoms with Crippen LogP contribution in [0.3, 0.4) is 0 Å². The Labute approximate surface area is 145 Å². The lowest BCUT2D eigenvalue weighted by Gasteiger charge is -2.18. The average molecular weight is 351 g/mol. The van der Waals surface area contributed by atoms with Crippen molar-refractivity contribution in [3.63, 3.8) is 0 Å². The van der Waals surface area contributed by atoms with Gasteiger partial charge in [0, 0.05) is 6.54 Å². The Balaban J connectivity index is 1.84. The highest BCUT2D eigenvalue weighted by molar-refractivity contribution is 5.82. The molecule has 2 aromatic rings. The normalized spacial score (nSPS) is 27.1. The van der Waals surface area contributed by atoms with E-state index < -0.39 is 24.5 Å². The molecular weight excluding hydrogens is 326 g/mol. The predicted molar refractivity (Wildman–Crippen MR) is 90.9 cm³/mol. The van der Waals surface area contributed by atoms with Crippen molar-refractivity contribution in [3.05, 3.63) is 12.7 Å². The number of aliphatic hydroxyl groups excluding tert-OH is 3. The van der Waals surface area contributed by atoms with E-state index in [4.69, 9.17) is 4.74 Å². The second-order valence-electron chi connectivity index (χ2n) is 7.51. The number of nitrogens with one attached hydrogen (secondary N) is 1. The standard InChI is InChI=1S/C16H25N5O4/c1-16(2,3)4-5-17-13-10-14(19-7-18-13)21(8-20-10)15-12(24)11(23)9(6-22)25-15/h7-9,11-12,15,22-24H,4-6H2,1-3H3,(H,17,18,19)/t9-,11-,12-,15?/m1/s1. The summed E-state index contributed by atoms with van der Waals surface area (Å²) in [4.78, 5) is 12.8. The molecule has 0 saturated carbocycles. The van der Waals surface area contributed by atoms with Crippen LogP contribution in [0.1, 0.15) is 33.4 Å². The number of fused-ring (bicyclic) bond motifs is 1. The summed E-state index contributed by atoms with van der Waals surface area (Å²) in [5, 5.41) is 32.6. The number of ether oxygens (including phenoxy) is 1. The molecule has 4 atom stereocenters. The van der Waals surface area contributed by atoms with Crippen LogP contribution in [0, 0.1) is 5.41 Å². The molecule has 9 heteroatoms. The third-order valence-electron chi connectivity index (χ3n) is 4.32. The maximum Gasteiger partial charge on any atom is 0.167 e. The van der Waals surface area contributed by atoms with Gasteiger partial charge in [0.25, 0.3) is 0 Å². The van der Waals surface area contributed by atoms with Crippen molar-refractivity contribution in [2.24, 2.45) is 5.41 Å². The van der Waals surface area contributed by atoms with Crippen molar-refractivity contribution in [1.29, 1.82) is 0 Å². The summed E-state index contributed by atoms with van der Waals surface area (Å²) in [7, 11) is 0. The van der Waals surface area contributed by atoms with Crippen LogP contribution in [0.15, 0.2) is 12.7 Å². The van der Waals surface area contributed by atoms with Crippen LogP contribution in [0.4, 0.5) is 5.82 Å². The highest BCUT2D eigenvalue weighted by Crippen LogP contribution is 2.32. The molecule has 0 amide bonds. The van der Waals surface area contributed by atoms with Crippen LogP contribution < -0.4 is 5.32 Å². The molecular formula is C16H25N5O4. The van der Waals surface area contributed by atoms with E-state index in [1.165, 1.54) is 12.7 Å². The molecule has 0 aliphatic carbocycles. The van der Waals surface area contributed by atoms with Gasteiger partial charge in [-0.25, -0.2) is 15.0 Å². The number of hydrogen-bond acceptors (Lipinski definition) is 8. The summed E-state index contributed by atoms with van der Waals surface area (Å²) in [6, 6.07) is 0. The lowest BCUT2D eigenvalue weighted by molar-refractivity contribution is -0.0511. The van der Waals surface area contributed by atoms with E-state index in [1.54, 1.807) is 4.57 Å². The number of aliphatic hydroxyl groups is 3. The molecule has 0 bridgehead atoms. The lowest BCUT2D eigenvalue weighted by atomic mass is 9.92. The van der Waals surface area contributed by atoms with Crippen LogP contribution in [-0.4, -0.2) is 66.3 Å². The van der Waals surface area contributed by atoms with Crippen LogP contribution in [0.5, 0.6) is 0 Å². The molecule has 25 heavy (non-hydrogen) atoms. The summed E-state index contributed by atoms with van der Waals surface area (Å²) < 4.78 is 7.10. The maximum absolute atomic E-state index is 10.2. The van der Waals surface area contributed by atoms with Gasteiger partial charge in [-0.1, -0.05) is 20.8 Å². The highest BCUT2D eigenvalue weighted by Gasteiger charge is 2.44. The smallest absolute Gasteiger partial charge is 0.167 e. The molecule has 2 aromatic heterocycles. The number of anilines is 1. The molecule has 9 nitrogen and oxygen atoms in total. The summed E-state index contributed by atoms with van der Waals surface area (Å²) >= 11 is 0. The maximum atomic E-state index is 10.2. The van der Waals surface area contributed by atoms with Gasteiger partial charge < -0.3 is 25.4 Å². The fourth-order valence-corrected chi connectivity index (χ4v) is 2.83. The Morgan fingerprint density at radius 2 is 1.96 bits per heavy atom. The van der Waals surface area contributed by atoms with Crippen molar-refractivity contribution >= 4 is 17.0 Å². The summed E-state index contributed by atoms with van der Waals surface area (Å²) in [5.74, 6) is 0.611. The van der Waals surface area contributed by atoms with E-state index in [0.29, 0.717) is 17.0 Å². The second-order valence-corrected chi connectivity index (χ2v) is 7.51. The molecule has 1 unspecified atom stereocenters. The van der Waals surface area contributed by atoms with E-state index in [2.05, 4.69) is 41.0 Å². The van der Waals surface area contributed by atoms with E-state index in [9.17, 15) is 15.3 Å². The lowest BCUT2D eigenvalue weighted by Crippen LogP contribution is -2.33. The van der Waals surface area contributed by atoms with Gasteiger partial charge >= 0.3 is 0 Å². The molecule has 1 saturated heterocycles. The minimum Gasteiger partial charge on any atom is -0.394 e. The summed E-state index contributed by atoms with van der Waals surface area (Å²) in [6.45, 7) is 6.87. The van der Waals surface area contributed by atoms with Crippen LogP contribution >= 0.6 is 0 Å². The molecule has 3 heterocycles. The van der Waals surface area contributed by atoms with Gasteiger partial charge in [0.2, 0.25) is 0 Å². The molecule has 1 aliphatic rings. The molecule has 0 aromatic carbocycles. The number of imidazole rings is 1. The third-order valence-corrected chi connectivity index (χ3v) is 4.32. The fourth-order valence-electron chi connectivity index (χ4n) is 2.83. The van der Waals surface area contributed by atoms with Gasteiger partial charge in [0.15, 0.2) is 23.2 Å². The molecule has 1 aliphatic heterocycles. The zero-order valence-corrected chi connectivity index (χ0v) is 14.6. The molecule has 1 fully saturated rings. The van der Waals surface area contributed by atoms with E-state index in [1.807, 2.05) is 0 Å². The Kier molecular flexibility index (Phi) is 4.92. The van der Waals surface area contributed by atoms with Crippen molar-refractivity contribution < 1.29 is 20.1 Å². The van der Waals surface area contributed by atoms with Crippen LogP contribution in [0.25, 0.3) is 11.2 Å². The zero-order valence-electron chi connectivity index (χ0n) is 14.6. The van der Waals surface area contributed by atoms with E-state index >= 15 is 0 Å². The van der Waals surface area contributed by atoms with Crippen LogP contribution in [0.2, 0.25) is 0 Å². The molecule has 3 rings (SSSR count). The fraction of sp³-hybridized carbons (Fsp3) is 0.688. The van der Waals surface area contributed by atoms with Gasteiger partial charge in [0.1, 0.15) is 24.6 Å². The summed E-state index contributed by atoms with van der Waals surface area (Å²) in [6.07, 6.45) is -0.178. The van der Waals surface area contributed by atoms with Gasteiger partial charge in [-0.05, 0) is 11.8 Å². The zero-order chi connectivity index (χ0) is 18.2. The van der Waals surface area contributed by atoms with Gasteiger partial charge in [-0.3, -0.25) is 4.57 Å². The Morgan fingerprint density at radius 1 is 1.20 bits per heavy atom. The van der Waals surface area contributed by atoms with Gasteiger partial charge in [-0.2, -0.15) is 0 Å². The number of hydrogen-bond donors (Lipinski definition) is 4. The molecule has 0 spiro atoms. The minimum absolute atomic E-state index is 0.204. The van der Waals surface area contributed by atoms with Crippen molar-refractivity contribution in [2.75, 3.05) is 18.5 Å². The van der Waals surface area contributed by atoms with Crippen molar-refractivity contribution in [1.82, 2.24) is 19.5 Å². The average Bonchev–Trinajstić information content (AvgIpc) is 3.09. The highest BCUT2D eigenvalue weighted by atomic mass is 16.6. The number of nitrogens with zero attached hydrogens (tertiary/aromatic N) is 4.